The van der Waals surface area contributed by atoms with Crippen LogP contribution in [0.5, 0.6) is 5.75 Å². The van der Waals surface area contributed by atoms with Crippen molar-refractivity contribution in [3.8, 4) is 5.75 Å². The molecule has 0 unspecified atom stereocenters. The molecule has 1 aromatic rings. The van der Waals surface area contributed by atoms with Gasteiger partial charge < -0.3 is 10.1 Å². The lowest BCUT2D eigenvalue weighted by atomic mass is 10.1. The number of benzene rings is 1. The average Bonchev–Trinajstić information content (AvgIpc) is 2.46. The second-order valence-electron chi connectivity index (χ2n) is 5.66. The molecule has 0 radical (unpaired) electrons. The van der Waals surface area contributed by atoms with E-state index in [2.05, 4.69) is 10.0 Å². The Balaban J connectivity index is 2.24. The predicted octanol–water partition coefficient (Wildman–Crippen LogP) is 1.51. The van der Waals surface area contributed by atoms with E-state index in [-0.39, 0.29) is 28.9 Å². The lowest BCUT2D eigenvalue weighted by molar-refractivity contribution is -0.122. The molecule has 0 aromatic heterocycles. The summed E-state index contributed by atoms with van der Waals surface area (Å²) in [5.74, 6) is -1.09. The summed E-state index contributed by atoms with van der Waals surface area (Å²) in [5, 5.41) is 2.62. The van der Waals surface area contributed by atoms with Crippen molar-refractivity contribution in [2.24, 2.45) is 5.92 Å². The third-order valence-electron chi connectivity index (χ3n) is 3.63. The van der Waals surface area contributed by atoms with Gasteiger partial charge in [0.05, 0.1) is 17.0 Å². The average molecular weight is 340 g/mol. The van der Waals surface area contributed by atoms with Crippen LogP contribution in [-0.4, -0.2) is 32.1 Å². The molecule has 0 saturated heterocycles. The molecule has 0 fully saturated rings. The van der Waals surface area contributed by atoms with Crippen LogP contribution >= 0.6 is 0 Å². The molecular formula is C15H20N2O5S. The van der Waals surface area contributed by atoms with E-state index in [1.807, 2.05) is 6.92 Å². The third-order valence-corrected chi connectivity index (χ3v) is 5.13. The van der Waals surface area contributed by atoms with Gasteiger partial charge in [-0.15, -0.1) is 0 Å². The fourth-order valence-corrected chi connectivity index (χ4v) is 3.60. The van der Waals surface area contributed by atoms with Gasteiger partial charge in [-0.05, 0) is 25.0 Å². The van der Waals surface area contributed by atoms with Crippen LogP contribution in [0.1, 0.15) is 37.6 Å². The molecule has 2 N–H and O–H groups in total. The van der Waals surface area contributed by atoms with Crippen LogP contribution < -0.4 is 14.8 Å². The van der Waals surface area contributed by atoms with Crippen molar-refractivity contribution >= 4 is 27.5 Å². The number of anilines is 1. The van der Waals surface area contributed by atoms with Crippen molar-refractivity contribution in [3.63, 3.8) is 0 Å². The molecule has 126 valence electrons. The van der Waals surface area contributed by atoms with Gasteiger partial charge in [0.2, 0.25) is 10.0 Å². The molecule has 2 amide bonds. The number of carbonyl (C=O) groups excluding carboxylic acids is 2. The normalized spacial score (nSPS) is 18.4. The van der Waals surface area contributed by atoms with Crippen LogP contribution in [0.15, 0.2) is 18.2 Å². The first-order valence-electron chi connectivity index (χ1n) is 7.39. The van der Waals surface area contributed by atoms with E-state index in [0.29, 0.717) is 12.1 Å². The summed E-state index contributed by atoms with van der Waals surface area (Å²) in [6, 6.07) is 4.59. The number of fused-ring (bicyclic) bond motifs is 1. The second kappa shape index (κ2) is 6.57. The van der Waals surface area contributed by atoms with Gasteiger partial charge in [-0.25, -0.2) is 13.1 Å². The van der Waals surface area contributed by atoms with Crippen LogP contribution in [-0.2, 0) is 14.8 Å². The van der Waals surface area contributed by atoms with Crippen molar-refractivity contribution in [2.45, 2.75) is 33.3 Å². The van der Waals surface area contributed by atoms with Gasteiger partial charge in [0.1, 0.15) is 0 Å². The van der Waals surface area contributed by atoms with Crippen LogP contribution in [0.4, 0.5) is 5.69 Å². The van der Waals surface area contributed by atoms with Gasteiger partial charge in [-0.2, -0.15) is 0 Å². The summed E-state index contributed by atoms with van der Waals surface area (Å²) in [6.45, 7) is 5.23. The molecule has 1 aliphatic heterocycles. The molecule has 0 aliphatic carbocycles. The first kappa shape index (κ1) is 17.3. The Morgan fingerprint density at radius 2 is 2.13 bits per heavy atom. The van der Waals surface area contributed by atoms with Crippen LogP contribution in [0.2, 0.25) is 0 Å². The Bertz CT molecular complexity index is 729. The first-order chi connectivity index (χ1) is 10.7. The van der Waals surface area contributed by atoms with E-state index >= 15 is 0 Å². The smallest absolute Gasteiger partial charge is 0.268 e. The number of ether oxygens (including phenoxy) is 1. The minimum Gasteiger partial charge on any atom is -0.478 e. The molecule has 7 nitrogen and oxygen atoms in total. The zero-order valence-corrected chi connectivity index (χ0v) is 14.1. The van der Waals surface area contributed by atoms with E-state index < -0.39 is 22.0 Å². The highest BCUT2D eigenvalue weighted by Gasteiger charge is 2.29. The zero-order valence-electron chi connectivity index (χ0n) is 13.3. The van der Waals surface area contributed by atoms with E-state index in [0.717, 1.165) is 0 Å². The summed E-state index contributed by atoms with van der Waals surface area (Å²) >= 11 is 0. The van der Waals surface area contributed by atoms with E-state index in [1.54, 1.807) is 26.0 Å². The maximum atomic E-state index is 12.3. The molecule has 2 rings (SSSR count). The fourth-order valence-electron chi connectivity index (χ4n) is 2.14. The Hall–Kier alpha value is -2.09. The van der Waals surface area contributed by atoms with E-state index in [1.165, 1.54) is 6.07 Å². The maximum Gasteiger partial charge on any atom is 0.268 e. The number of carbonyl (C=O) groups is 2. The highest BCUT2D eigenvalue weighted by molar-refractivity contribution is 7.90. The van der Waals surface area contributed by atoms with Crippen LogP contribution in [0.3, 0.4) is 0 Å². The fraction of sp³-hybridized carbons (Fsp3) is 0.467. The highest BCUT2D eigenvalue weighted by atomic mass is 32.2. The maximum absolute atomic E-state index is 12.3. The number of para-hydroxylation sites is 1. The zero-order chi connectivity index (χ0) is 17.2. The topological polar surface area (TPSA) is 102 Å². The number of nitrogens with one attached hydrogen (secondary N) is 2. The lowest BCUT2D eigenvalue weighted by Gasteiger charge is -2.25. The molecule has 0 bridgehead atoms. The standard InChI is InChI=1S/C15H20N2O5S/c1-4-9(2)8-23(20,21)17-15(19)11-6-5-7-12-13(11)22-10(3)14(18)16-12/h5-7,9-10H,4,8H2,1-3H3,(H,16,18)(H,17,19)/t9-,10-/m0/s1. The van der Waals surface area contributed by atoms with Gasteiger partial charge in [0, 0.05) is 0 Å². The van der Waals surface area contributed by atoms with E-state index in [4.69, 9.17) is 4.74 Å². The quantitative estimate of drug-likeness (QED) is 0.846. The number of hydrogen-bond acceptors (Lipinski definition) is 5. The molecule has 0 saturated carbocycles. The van der Waals surface area contributed by atoms with Gasteiger partial charge in [0.15, 0.2) is 11.9 Å². The molecule has 1 aromatic carbocycles. The van der Waals surface area contributed by atoms with Gasteiger partial charge in [-0.3, -0.25) is 9.59 Å². The summed E-state index contributed by atoms with van der Waals surface area (Å²) < 4.78 is 31.6. The van der Waals surface area contributed by atoms with Crippen LogP contribution in [0.25, 0.3) is 0 Å². The molecule has 0 spiro atoms. The Morgan fingerprint density at radius 3 is 2.78 bits per heavy atom. The Kier molecular flexibility index (Phi) is 4.93. The summed E-state index contributed by atoms with van der Waals surface area (Å²) in [7, 11) is -3.73. The van der Waals surface area contributed by atoms with Crippen molar-refractivity contribution in [2.75, 3.05) is 11.1 Å². The summed E-state index contributed by atoms with van der Waals surface area (Å²) in [5.41, 5.74) is 0.419. The number of hydrogen-bond donors (Lipinski definition) is 2. The molecule has 23 heavy (non-hydrogen) atoms. The van der Waals surface area contributed by atoms with E-state index in [9.17, 15) is 18.0 Å². The minimum atomic E-state index is -3.73. The molecule has 1 aliphatic rings. The number of sulfonamides is 1. The van der Waals surface area contributed by atoms with Crippen molar-refractivity contribution in [1.82, 2.24) is 4.72 Å². The van der Waals surface area contributed by atoms with Crippen molar-refractivity contribution < 1.29 is 22.7 Å². The molecule has 1 heterocycles. The predicted molar refractivity (Wildman–Crippen MR) is 85.9 cm³/mol. The minimum absolute atomic E-state index is 0.0550. The molecule has 8 heteroatoms. The summed E-state index contributed by atoms with van der Waals surface area (Å²) in [6.07, 6.45) is -0.0594. The summed E-state index contributed by atoms with van der Waals surface area (Å²) in [4.78, 5) is 23.9. The third kappa shape index (κ3) is 4.01. The molecular weight excluding hydrogens is 320 g/mol. The SMILES string of the molecule is CC[C@H](C)CS(=O)(=O)NC(=O)c1cccc2c1O[C@@H](C)C(=O)N2. The Morgan fingerprint density at radius 1 is 1.43 bits per heavy atom. The largest absolute Gasteiger partial charge is 0.478 e. The first-order valence-corrected chi connectivity index (χ1v) is 9.04. The van der Waals surface area contributed by atoms with Gasteiger partial charge in [-0.1, -0.05) is 26.3 Å². The molecule has 2 atom stereocenters. The monoisotopic (exact) mass is 340 g/mol. The van der Waals surface area contributed by atoms with Crippen molar-refractivity contribution in [1.29, 1.82) is 0 Å². The number of amides is 2. The second-order valence-corrected chi connectivity index (χ2v) is 7.42. The van der Waals surface area contributed by atoms with Crippen LogP contribution in [0, 0.1) is 5.92 Å². The van der Waals surface area contributed by atoms with Crippen molar-refractivity contribution in [3.05, 3.63) is 23.8 Å². The van der Waals surface area contributed by atoms with Gasteiger partial charge >= 0.3 is 0 Å². The number of rotatable bonds is 5. The lowest BCUT2D eigenvalue weighted by Crippen LogP contribution is -2.37. The van der Waals surface area contributed by atoms with Gasteiger partial charge in [0.25, 0.3) is 11.8 Å². The Labute approximate surface area is 135 Å². The highest BCUT2D eigenvalue weighted by Crippen LogP contribution is 2.33.